The van der Waals surface area contributed by atoms with Gasteiger partial charge in [-0.1, -0.05) is 12.1 Å². The van der Waals surface area contributed by atoms with Gasteiger partial charge in [0.25, 0.3) is 5.91 Å². The summed E-state index contributed by atoms with van der Waals surface area (Å²) in [7, 11) is 1.62. The molecule has 0 aliphatic carbocycles. The second-order valence-corrected chi connectivity index (χ2v) is 6.43. The molecule has 28 heavy (non-hydrogen) atoms. The number of aryl methyl sites for hydroxylation is 2. The van der Waals surface area contributed by atoms with Crippen LogP contribution < -0.4 is 10.1 Å². The SMILES string of the molecule is COc1cccc2c(C)cc(-n3nc(C)cc3NC(=O)c3ccncc3)nc12. The van der Waals surface area contributed by atoms with Crippen molar-refractivity contribution in [2.24, 2.45) is 0 Å². The molecule has 0 bridgehead atoms. The van der Waals surface area contributed by atoms with Crippen molar-refractivity contribution in [3.05, 3.63) is 71.7 Å². The van der Waals surface area contributed by atoms with Gasteiger partial charge in [-0.15, -0.1) is 0 Å². The molecule has 4 aromatic rings. The molecule has 3 heterocycles. The number of carbonyl (C=O) groups is 1. The molecule has 0 aliphatic heterocycles. The predicted molar refractivity (Wildman–Crippen MR) is 107 cm³/mol. The van der Waals surface area contributed by atoms with Gasteiger partial charge in [0.05, 0.1) is 12.8 Å². The summed E-state index contributed by atoms with van der Waals surface area (Å²) < 4.78 is 7.10. The minimum Gasteiger partial charge on any atom is -0.494 e. The van der Waals surface area contributed by atoms with Crippen LogP contribution in [0.4, 0.5) is 5.82 Å². The predicted octanol–water partition coefficient (Wildman–Crippen LogP) is 3.69. The summed E-state index contributed by atoms with van der Waals surface area (Å²) in [4.78, 5) is 21.3. The number of carbonyl (C=O) groups excluding carboxylic acids is 1. The van der Waals surface area contributed by atoms with Gasteiger partial charge >= 0.3 is 0 Å². The molecule has 0 atom stereocenters. The lowest BCUT2D eigenvalue weighted by Crippen LogP contribution is -2.15. The molecule has 4 rings (SSSR count). The van der Waals surface area contributed by atoms with Crippen LogP contribution in [0.5, 0.6) is 5.75 Å². The molecule has 0 unspecified atom stereocenters. The maximum Gasteiger partial charge on any atom is 0.256 e. The number of methoxy groups -OCH3 is 1. The van der Waals surface area contributed by atoms with E-state index in [9.17, 15) is 4.79 Å². The van der Waals surface area contributed by atoms with Crippen molar-refractivity contribution in [3.8, 4) is 11.6 Å². The van der Waals surface area contributed by atoms with E-state index in [1.165, 1.54) is 0 Å². The average Bonchev–Trinajstić information content (AvgIpc) is 3.08. The largest absolute Gasteiger partial charge is 0.494 e. The van der Waals surface area contributed by atoms with E-state index in [0.29, 0.717) is 22.9 Å². The molecule has 0 aliphatic rings. The number of hydrogen-bond donors (Lipinski definition) is 1. The van der Waals surface area contributed by atoms with E-state index in [-0.39, 0.29) is 5.91 Å². The van der Waals surface area contributed by atoms with Crippen molar-refractivity contribution >= 4 is 22.6 Å². The molecule has 1 amide bonds. The molecule has 140 valence electrons. The van der Waals surface area contributed by atoms with Gasteiger partial charge in [0.1, 0.15) is 17.1 Å². The van der Waals surface area contributed by atoms with Gasteiger partial charge in [-0.25, -0.2) is 4.98 Å². The molecule has 0 radical (unpaired) electrons. The number of aromatic nitrogens is 4. The Labute approximate surface area is 162 Å². The molecule has 1 N–H and O–H groups in total. The zero-order valence-electron chi connectivity index (χ0n) is 15.8. The Hall–Kier alpha value is -3.74. The first-order valence-electron chi connectivity index (χ1n) is 8.79. The van der Waals surface area contributed by atoms with E-state index in [1.54, 1.807) is 36.3 Å². The fourth-order valence-electron chi connectivity index (χ4n) is 3.10. The van der Waals surface area contributed by atoms with Crippen molar-refractivity contribution < 1.29 is 9.53 Å². The van der Waals surface area contributed by atoms with E-state index >= 15 is 0 Å². The summed E-state index contributed by atoms with van der Waals surface area (Å²) in [6.07, 6.45) is 3.16. The van der Waals surface area contributed by atoms with Crippen LogP contribution in [-0.4, -0.2) is 32.8 Å². The van der Waals surface area contributed by atoms with E-state index in [1.807, 2.05) is 44.2 Å². The Bertz CT molecular complexity index is 1170. The van der Waals surface area contributed by atoms with E-state index < -0.39 is 0 Å². The van der Waals surface area contributed by atoms with Crippen molar-refractivity contribution in [2.75, 3.05) is 12.4 Å². The molecule has 0 spiro atoms. The van der Waals surface area contributed by atoms with E-state index in [0.717, 1.165) is 22.2 Å². The third kappa shape index (κ3) is 3.18. The van der Waals surface area contributed by atoms with Gasteiger partial charge < -0.3 is 10.1 Å². The van der Waals surface area contributed by atoms with Gasteiger partial charge in [0.2, 0.25) is 0 Å². The third-order valence-electron chi connectivity index (χ3n) is 4.45. The quantitative estimate of drug-likeness (QED) is 0.590. The van der Waals surface area contributed by atoms with E-state index in [2.05, 4.69) is 15.4 Å². The number of fused-ring (bicyclic) bond motifs is 1. The van der Waals surface area contributed by atoms with Crippen LogP contribution in [0.25, 0.3) is 16.7 Å². The Morgan fingerprint density at radius 2 is 1.89 bits per heavy atom. The number of amides is 1. The number of anilines is 1. The van der Waals surface area contributed by atoms with Gasteiger partial charge in [-0.2, -0.15) is 9.78 Å². The summed E-state index contributed by atoms with van der Waals surface area (Å²) in [5, 5.41) is 8.43. The number of ether oxygens (including phenoxy) is 1. The van der Waals surface area contributed by atoms with Crippen LogP contribution in [0.2, 0.25) is 0 Å². The summed E-state index contributed by atoms with van der Waals surface area (Å²) in [5.41, 5.74) is 3.08. The van der Waals surface area contributed by atoms with E-state index in [4.69, 9.17) is 9.72 Å². The molecule has 1 aromatic carbocycles. The number of para-hydroxylation sites is 1. The van der Waals surface area contributed by atoms with Crippen LogP contribution in [0.15, 0.2) is 54.9 Å². The summed E-state index contributed by atoms with van der Waals surface area (Å²) in [5.74, 6) is 1.60. The highest BCUT2D eigenvalue weighted by atomic mass is 16.5. The lowest BCUT2D eigenvalue weighted by atomic mass is 10.1. The van der Waals surface area contributed by atoms with Crippen molar-refractivity contribution in [3.63, 3.8) is 0 Å². The highest BCUT2D eigenvalue weighted by Crippen LogP contribution is 2.28. The summed E-state index contributed by atoms with van der Waals surface area (Å²) in [6, 6.07) is 12.9. The van der Waals surface area contributed by atoms with Gasteiger partial charge in [-0.05, 0) is 43.7 Å². The molecule has 7 heteroatoms. The number of benzene rings is 1. The Balaban J connectivity index is 1.79. The van der Waals surface area contributed by atoms with Crippen LogP contribution >= 0.6 is 0 Å². The number of pyridine rings is 2. The Morgan fingerprint density at radius 1 is 1.11 bits per heavy atom. The maximum absolute atomic E-state index is 12.6. The molecular weight excluding hydrogens is 354 g/mol. The van der Waals surface area contributed by atoms with Crippen molar-refractivity contribution in [1.29, 1.82) is 0 Å². The summed E-state index contributed by atoms with van der Waals surface area (Å²) >= 11 is 0. The molecular formula is C21H19N5O2. The minimum atomic E-state index is -0.237. The number of hydrogen-bond acceptors (Lipinski definition) is 5. The number of rotatable bonds is 4. The summed E-state index contributed by atoms with van der Waals surface area (Å²) in [6.45, 7) is 3.88. The van der Waals surface area contributed by atoms with Gasteiger partial charge in [-0.3, -0.25) is 9.78 Å². The standard InChI is InChI=1S/C21H19N5O2/c1-13-11-18(23-20-16(13)5-4-6-17(20)28-3)26-19(12-14(2)25-26)24-21(27)15-7-9-22-10-8-15/h4-12H,1-3H3,(H,24,27). The fourth-order valence-corrected chi connectivity index (χ4v) is 3.10. The molecule has 0 fully saturated rings. The topological polar surface area (TPSA) is 81.9 Å². The monoisotopic (exact) mass is 373 g/mol. The Morgan fingerprint density at radius 3 is 2.64 bits per heavy atom. The molecule has 0 saturated heterocycles. The first-order valence-corrected chi connectivity index (χ1v) is 8.79. The number of nitrogens with zero attached hydrogens (tertiary/aromatic N) is 4. The van der Waals surface area contributed by atoms with Gasteiger partial charge in [0, 0.05) is 29.4 Å². The first kappa shape index (κ1) is 17.7. The molecule has 3 aromatic heterocycles. The first-order chi connectivity index (χ1) is 13.6. The van der Waals surface area contributed by atoms with Crippen molar-refractivity contribution in [1.82, 2.24) is 19.7 Å². The fraction of sp³-hybridized carbons (Fsp3) is 0.143. The normalized spacial score (nSPS) is 10.8. The van der Waals surface area contributed by atoms with Crippen LogP contribution in [-0.2, 0) is 0 Å². The molecule has 7 nitrogen and oxygen atoms in total. The minimum absolute atomic E-state index is 0.237. The van der Waals surface area contributed by atoms with Crippen LogP contribution in [0, 0.1) is 13.8 Å². The third-order valence-corrected chi connectivity index (χ3v) is 4.45. The second-order valence-electron chi connectivity index (χ2n) is 6.43. The van der Waals surface area contributed by atoms with Crippen LogP contribution in [0.3, 0.4) is 0 Å². The van der Waals surface area contributed by atoms with Crippen molar-refractivity contribution in [2.45, 2.75) is 13.8 Å². The average molecular weight is 373 g/mol. The zero-order valence-corrected chi connectivity index (χ0v) is 15.8. The lowest BCUT2D eigenvalue weighted by Gasteiger charge is -2.12. The van der Waals surface area contributed by atoms with Gasteiger partial charge in [0.15, 0.2) is 5.82 Å². The number of nitrogens with one attached hydrogen (secondary N) is 1. The second kappa shape index (κ2) is 7.11. The maximum atomic E-state index is 12.6. The molecule has 0 saturated carbocycles. The van der Waals surface area contributed by atoms with Crippen LogP contribution in [0.1, 0.15) is 21.6 Å². The zero-order chi connectivity index (χ0) is 19.7. The highest BCUT2D eigenvalue weighted by molar-refractivity contribution is 6.03. The Kier molecular flexibility index (Phi) is 4.49. The smallest absolute Gasteiger partial charge is 0.256 e. The highest BCUT2D eigenvalue weighted by Gasteiger charge is 2.15. The lowest BCUT2D eigenvalue weighted by molar-refractivity contribution is 0.102.